The second kappa shape index (κ2) is 13.7. The Morgan fingerprint density at radius 1 is 1.14 bits per heavy atom. The third kappa shape index (κ3) is 6.45. The van der Waals surface area contributed by atoms with E-state index < -0.39 is 31.6 Å². The summed E-state index contributed by atoms with van der Waals surface area (Å²) in [5.41, 5.74) is 2.06. The van der Waals surface area contributed by atoms with E-state index in [0.717, 1.165) is 22.0 Å². The second-order valence-corrected chi connectivity index (χ2v) is 17.3. The highest BCUT2D eigenvalue weighted by Gasteiger charge is 2.67. The van der Waals surface area contributed by atoms with Gasteiger partial charge in [-0.3, -0.25) is 14.4 Å². The molecule has 0 unspecified atom stereocenters. The molecule has 0 saturated carbocycles. The van der Waals surface area contributed by atoms with Crippen LogP contribution in [0.15, 0.2) is 91.6 Å². The summed E-state index contributed by atoms with van der Waals surface area (Å²) in [6.07, 6.45) is 2.57. The van der Waals surface area contributed by atoms with Crippen molar-refractivity contribution in [1.82, 2.24) is 9.88 Å². The van der Waals surface area contributed by atoms with Crippen LogP contribution >= 0.6 is 0 Å². The average Bonchev–Trinajstić information content (AvgIpc) is 3.68. The first-order chi connectivity index (χ1) is 23.5. The molecule has 9 nitrogen and oxygen atoms in total. The van der Waals surface area contributed by atoms with Gasteiger partial charge in [-0.05, 0) is 48.5 Å². The van der Waals surface area contributed by atoms with Gasteiger partial charge in [-0.15, -0.1) is 6.58 Å². The van der Waals surface area contributed by atoms with E-state index >= 15 is 4.11 Å². The number of aromatic amines is 1. The van der Waals surface area contributed by atoms with Gasteiger partial charge in [0.25, 0.3) is 5.91 Å². The van der Waals surface area contributed by atoms with Crippen molar-refractivity contribution in [1.29, 1.82) is 0 Å². The minimum absolute atomic E-state index is 0.110. The highest BCUT2D eigenvalue weighted by Crippen LogP contribution is 2.60. The molecule has 3 N–H and O–H groups in total. The molecule has 1 aromatic heterocycles. The molecule has 1 saturated heterocycles. The molecule has 4 aromatic rings. The zero-order valence-electron chi connectivity index (χ0n) is 28.1. The topological polar surface area (TPSA) is 115 Å². The average molecular weight is 683 g/mol. The number of anilines is 2. The number of amides is 3. The van der Waals surface area contributed by atoms with Crippen LogP contribution in [0.1, 0.15) is 30.0 Å². The van der Waals surface area contributed by atoms with E-state index in [1.165, 1.54) is 0 Å². The lowest BCUT2D eigenvalue weighted by Crippen LogP contribution is -2.45. The number of carbonyl (C=O) groups excluding carboxylic acids is 3. The maximum Gasteiger partial charge on any atom is 0.264 e. The summed E-state index contributed by atoms with van der Waals surface area (Å²) >= 11 is 0. The molecule has 1 fully saturated rings. The molecule has 2 aliphatic rings. The SMILES string of the molecule is C=CCN1C(=O)[C@]2(O[C@H](CC(=O)N(CCO)Cc3ccccc3)[C@@H]([Si](C)(C)F)[C@@H]2C)c2cc(NC(=O)Cc3c[nH]c4ccccc34)ccc21. The van der Waals surface area contributed by atoms with E-state index in [0.29, 0.717) is 16.9 Å². The largest absolute Gasteiger partial charge is 0.395 e. The van der Waals surface area contributed by atoms with Gasteiger partial charge in [-0.25, -0.2) is 0 Å². The van der Waals surface area contributed by atoms with Crippen molar-refractivity contribution in [3.05, 3.63) is 108 Å². The number of carbonyl (C=O) groups is 3. The van der Waals surface area contributed by atoms with Crippen molar-refractivity contribution >= 4 is 48.4 Å². The maximum absolute atomic E-state index is 16.4. The van der Waals surface area contributed by atoms with E-state index in [4.69, 9.17) is 4.74 Å². The molecule has 3 amide bonds. The molecule has 4 atom stereocenters. The number of para-hydroxylation sites is 1. The van der Waals surface area contributed by atoms with Crippen LogP contribution in [0.5, 0.6) is 0 Å². The molecule has 0 aliphatic carbocycles. The van der Waals surface area contributed by atoms with E-state index in [2.05, 4.69) is 16.9 Å². The molecule has 1 spiro atoms. The Bertz CT molecular complexity index is 1870. The number of hydrogen-bond donors (Lipinski definition) is 3. The Hall–Kier alpha value is -4.58. The zero-order valence-corrected chi connectivity index (χ0v) is 29.1. The number of H-pyrrole nitrogens is 1. The molecule has 0 bridgehead atoms. The number of aromatic nitrogens is 1. The summed E-state index contributed by atoms with van der Waals surface area (Å²) in [7, 11) is -3.54. The summed E-state index contributed by atoms with van der Waals surface area (Å²) in [4.78, 5) is 47.9. The number of rotatable bonds is 12. The highest BCUT2D eigenvalue weighted by molar-refractivity contribution is 6.72. The first-order valence-corrected chi connectivity index (χ1v) is 19.6. The monoisotopic (exact) mass is 682 g/mol. The quantitative estimate of drug-likeness (QED) is 0.0954. The van der Waals surface area contributed by atoms with Crippen molar-refractivity contribution in [2.45, 2.75) is 56.7 Å². The molecule has 3 heterocycles. The van der Waals surface area contributed by atoms with Crippen LogP contribution in [0.2, 0.25) is 18.6 Å². The van der Waals surface area contributed by atoms with E-state index in [1.54, 1.807) is 47.2 Å². The molecular weight excluding hydrogens is 640 g/mol. The Kier molecular flexibility index (Phi) is 9.61. The van der Waals surface area contributed by atoms with Crippen LogP contribution < -0.4 is 10.2 Å². The standard InChI is InChI=1S/C38H43FN4O5Si/c1-5-17-43-32-16-15-28(41-34(45)20-27-23-40-31-14-10-9-13-29(27)31)21-30(32)38(37(43)47)25(2)36(49(3,4)39)33(48-38)22-35(46)42(18-19-44)24-26-11-7-6-8-12-26/h5-16,21,23,25,33,36,40,44H,1,17-20,22,24H2,2-4H3,(H,41,45)/t25-,33+,36-,38+/m0/s1. The minimum Gasteiger partial charge on any atom is -0.395 e. The number of hydrogen-bond acceptors (Lipinski definition) is 5. The van der Waals surface area contributed by atoms with Crippen molar-refractivity contribution in [2.24, 2.45) is 5.92 Å². The normalized spacial score (nSPS) is 21.7. The fraction of sp³-hybridized carbons (Fsp3) is 0.342. The lowest BCUT2D eigenvalue weighted by molar-refractivity contribution is -0.149. The van der Waals surface area contributed by atoms with Crippen molar-refractivity contribution in [2.75, 3.05) is 29.9 Å². The van der Waals surface area contributed by atoms with Crippen LogP contribution in [0.4, 0.5) is 15.5 Å². The molecule has 6 rings (SSSR count). The summed E-state index contributed by atoms with van der Waals surface area (Å²) < 4.78 is 23.1. The zero-order chi connectivity index (χ0) is 34.9. The number of ether oxygens (including phenoxy) is 1. The smallest absolute Gasteiger partial charge is 0.264 e. The first-order valence-electron chi connectivity index (χ1n) is 16.7. The fourth-order valence-electron chi connectivity index (χ4n) is 7.81. The highest BCUT2D eigenvalue weighted by atomic mass is 28.4. The van der Waals surface area contributed by atoms with Crippen LogP contribution in [-0.4, -0.2) is 66.9 Å². The molecule has 3 aromatic carbocycles. The summed E-state index contributed by atoms with van der Waals surface area (Å²) in [6.45, 7) is 9.23. The van der Waals surface area contributed by atoms with E-state index in [9.17, 15) is 19.5 Å². The summed E-state index contributed by atoms with van der Waals surface area (Å²) in [5.74, 6) is -1.47. The maximum atomic E-state index is 16.4. The van der Waals surface area contributed by atoms with Gasteiger partial charge in [-0.1, -0.05) is 61.5 Å². The first kappa shape index (κ1) is 34.3. The Morgan fingerprint density at radius 2 is 1.88 bits per heavy atom. The lowest BCUT2D eigenvalue weighted by atomic mass is 9.82. The lowest BCUT2D eigenvalue weighted by Gasteiger charge is -2.31. The molecule has 2 aliphatic heterocycles. The summed E-state index contributed by atoms with van der Waals surface area (Å²) in [6, 6.07) is 22.5. The van der Waals surface area contributed by atoms with Gasteiger partial charge in [-0.2, -0.15) is 0 Å². The number of fused-ring (bicyclic) bond motifs is 3. The van der Waals surface area contributed by atoms with Gasteiger partial charge in [0.1, 0.15) is 0 Å². The van der Waals surface area contributed by atoms with Crippen molar-refractivity contribution in [3.8, 4) is 0 Å². The number of nitrogens with one attached hydrogen (secondary N) is 2. The fourth-order valence-corrected chi connectivity index (χ4v) is 10.3. The Balaban J connectivity index is 1.32. The van der Waals surface area contributed by atoms with Crippen LogP contribution in [0.25, 0.3) is 10.9 Å². The van der Waals surface area contributed by atoms with Crippen LogP contribution in [-0.2, 0) is 37.7 Å². The van der Waals surface area contributed by atoms with Gasteiger partial charge in [0.15, 0.2) is 5.60 Å². The van der Waals surface area contributed by atoms with Crippen molar-refractivity contribution < 1.29 is 28.3 Å². The van der Waals surface area contributed by atoms with Gasteiger partial charge in [0.2, 0.25) is 20.2 Å². The van der Waals surface area contributed by atoms with Gasteiger partial charge in [0.05, 0.1) is 31.2 Å². The Morgan fingerprint density at radius 3 is 2.59 bits per heavy atom. The van der Waals surface area contributed by atoms with Crippen LogP contribution in [0, 0.1) is 5.92 Å². The van der Waals surface area contributed by atoms with Crippen LogP contribution in [0.3, 0.4) is 0 Å². The second-order valence-electron chi connectivity index (χ2n) is 13.5. The van der Waals surface area contributed by atoms with Gasteiger partial charge in [0, 0.05) is 59.4 Å². The van der Waals surface area contributed by atoms with E-state index in [1.807, 2.05) is 67.7 Å². The number of aliphatic hydroxyl groups excluding tert-OH is 1. The van der Waals surface area contributed by atoms with Gasteiger partial charge >= 0.3 is 0 Å². The molecule has 256 valence electrons. The molecule has 49 heavy (non-hydrogen) atoms. The number of nitrogens with zero attached hydrogens (tertiary/aromatic N) is 2. The van der Waals surface area contributed by atoms with Gasteiger partial charge < -0.3 is 34.1 Å². The summed E-state index contributed by atoms with van der Waals surface area (Å²) in [5, 5.41) is 13.7. The third-order valence-corrected chi connectivity index (χ3v) is 12.4. The molecule has 11 heteroatoms. The van der Waals surface area contributed by atoms with E-state index in [-0.39, 0.29) is 56.8 Å². The number of benzene rings is 3. The number of halogens is 1. The van der Waals surface area contributed by atoms with Crippen molar-refractivity contribution in [3.63, 3.8) is 0 Å². The third-order valence-electron chi connectivity index (χ3n) is 9.90. The minimum atomic E-state index is -3.54. The predicted molar refractivity (Wildman–Crippen MR) is 191 cm³/mol. The number of aliphatic hydroxyl groups is 1. The molecule has 0 radical (unpaired) electrons. The molecular formula is C38H43FN4O5Si. The Labute approximate surface area is 286 Å². The predicted octanol–water partition coefficient (Wildman–Crippen LogP) is 6.07.